The predicted octanol–water partition coefficient (Wildman–Crippen LogP) is 2.67. The van der Waals surface area contributed by atoms with Crippen molar-refractivity contribution in [3.8, 4) is 0 Å². The van der Waals surface area contributed by atoms with Crippen LogP contribution >= 0.6 is 0 Å². The van der Waals surface area contributed by atoms with E-state index < -0.39 is 6.04 Å². The van der Waals surface area contributed by atoms with E-state index in [9.17, 15) is 4.79 Å². The smallest absolute Gasteiger partial charge is 0.239 e. The fourth-order valence-corrected chi connectivity index (χ4v) is 4.36. The van der Waals surface area contributed by atoms with Crippen LogP contribution in [0.5, 0.6) is 0 Å². The summed E-state index contributed by atoms with van der Waals surface area (Å²) in [5, 5.41) is 0. The molecule has 3 atom stereocenters. The van der Waals surface area contributed by atoms with Crippen molar-refractivity contribution in [1.29, 1.82) is 0 Å². The van der Waals surface area contributed by atoms with Gasteiger partial charge in [-0.05, 0) is 57.1 Å². The minimum atomic E-state index is -0.421. The summed E-state index contributed by atoms with van der Waals surface area (Å²) in [4.78, 5) is 17.4. The fraction of sp³-hybridized carbons (Fsp3) is 0.667. The highest BCUT2D eigenvalue weighted by atomic mass is 16.2. The summed E-state index contributed by atoms with van der Waals surface area (Å²) >= 11 is 0. The van der Waals surface area contributed by atoms with E-state index in [4.69, 9.17) is 5.73 Å². The van der Waals surface area contributed by atoms with Gasteiger partial charge in [0.1, 0.15) is 0 Å². The quantitative estimate of drug-likeness (QED) is 0.894. The molecular weight excluding hydrogens is 310 g/mol. The first-order valence-corrected chi connectivity index (χ1v) is 9.96. The molecule has 2 heterocycles. The van der Waals surface area contributed by atoms with Crippen molar-refractivity contribution in [3.63, 3.8) is 0 Å². The Morgan fingerprint density at radius 3 is 2.72 bits per heavy atom. The van der Waals surface area contributed by atoms with Gasteiger partial charge in [-0.25, -0.2) is 0 Å². The summed E-state index contributed by atoms with van der Waals surface area (Å²) < 4.78 is 0. The molecule has 138 valence electrons. The van der Waals surface area contributed by atoms with Crippen LogP contribution in [-0.2, 0) is 11.2 Å². The van der Waals surface area contributed by atoms with Crippen molar-refractivity contribution < 1.29 is 4.79 Å². The van der Waals surface area contributed by atoms with E-state index in [1.54, 1.807) is 0 Å². The summed E-state index contributed by atoms with van der Waals surface area (Å²) in [5.41, 5.74) is 7.37. The number of amides is 1. The molecule has 25 heavy (non-hydrogen) atoms. The number of rotatable bonds is 5. The lowest BCUT2D eigenvalue weighted by atomic mass is 9.94. The zero-order valence-electron chi connectivity index (χ0n) is 15.6. The Morgan fingerprint density at radius 2 is 1.96 bits per heavy atom. The second-order valence-electron chi connectivity index (χ2n) is 7.93. The van der Waals surface area contributed by atoms with Crippen LogP contribution in [-0.4, -0.2) is 54.0 Å². The summed E-state index contributed by atoms with van der Waals surface area (Å²) in [5.74, 6) is 0.724. The third-order valence-corrected chi connectivity index (χ3v) is 5.88. The zero-order valence-corrected chi connectivity index (χ0v) is 15.6. The van der Waals surface area contributed by atoms with Gasteiger partial charge in [0, 0.05) is 25.7 Å². The van der Waals surface area contributed by atoms with Gasteiger partial charge in [0.25, 0.3) is 0 Å². The molecule has 0 aromatic heterocycles. The Labute approximate surface area is 152 Å². The Bertz CT molecular complexity index is 547. The maximum atomic E-state index is 12.8. The van der Waals surface area contributed by atoms with Crippen molar-refractivity contribution in [1.82, 2.24) is 9.80 Å². The molecule has 2 aliphatic heterocycles. The number of benzene rings is 1. The molecule has 4 nitrogen and oxygen atoms in total. The first kappa shape index (κ1) is 18.4. The van der Waals surface area contributed by atoms with Crippen molar-refractivity contribution in [2.45, 2.75) is 57.5 Å². The van der Waals surface area contributed by atoms with E-state index in [1.165, 1.54) is 32.2 Å². The molecule has 2 N–H and O–H groups in total. The molecular formula is C21H33N3O. The Kier molecular flexibility index (Phi) is 6.49. The van der Waals surface area contributed by atoms with E-state index in [2.05, 4.69) is 11.8 Å². The predicted molar refractivity (Wildman–Crippen MR) is 102 cm³/mol. The average Bonchev–Trinajstić information content (AvgIpc) is 2.64. The number of carbonyl (C=O) groups is 1. The third kappa shape index (κ3) is 5.05. The van der Waals surface area contributed by atoms with Crippen LogP contribution in [0.15, 0.2) is 30.3 Å². The van der Waals surface area contributed by atoms with Gasteiger partial charge in [-0.15, -0.1) is 0 Å². The van der Waals surface area contributed by atoms with Crippen LogP contribution in [0.1, 0.15) is 44.6 Å². The van der Waals surface area contributed by atoms with Crippen LogP contribution in [0.25, 0.3) is 0 Å². The third-order valence-electron chi connectivity index (χ3n) is 5.88. The standard InChI is InChI=1S/C21H33N3O/c1-17-8-5-6-12-23(17)15-19-11-7-13-24(16-19)21(25)20(22)14-18-9-3-2-4-10-18/h2-4,9-10,17,19-20H,5-8,11-16,22H2,1H3/t17-,19-,20-/m0/s1. The number of hydrogen-bond donors (Lipinski definition) is 1. The van der Waals surface area contributed by atoms with Crippen LogP contribution in [0, 0.1) is 5.92 Å². The number of nitrogens with two attached hydrogens (primary N) is 1. The zero-order chi connectivity index (χ0) is 17.6. The van der Waals surface area contributed by atoms with Gasteiger partial charge in [0.15, 0.2) is 0 Å². The van der Waals surface area contributed by atoms with Gasteiger partial charge in [-0.3, -0.25) is 4.79 Å². The molecule has 2 fully saturated rings. The summed E-state index contributed by atoms with van der Waals surface area (Å²) in [7, 11) is 0. The second-order valence-corrected chi connectivity index (χ2v) is 7.93. The van der Waals surface area contributed by atoms with Gasteiger partial charge in [0.05, 0.1) is 6.04 Å². The molecule has 1 amide bonds. The van der Waals surface area contributed by atoms with Gasteiger partial charge in [-0.1, -0.05) is 36.8 Å². The lowest BCUT2D eigenvalue weighted by molar-refractivity contribution is -0.134. The maximum Gasteiger partial charge on any atom is 0.239 e. The Balaban J connectivity index is 1.52. The maximum absolute atomic E-state index is 12.8. The van der Waals surface area contributed by atoms with Crippen LogP contribution < -0.4 is 5.73 Å². The van der Waals surface area contributed by atoms with Crippen molar-refractivity contribution in [2.75, 3.05) is 26.2 Å². The Hall–Kier alpha value is -1.39. The fourth-order valence-electron chi connectivity index (χ4n) is 4.36. The average molecular weight is 344 g/mol. The molecule has 0 spiro atoms. The highest BCUT2D eigenvalue weighted by Gasteiger charge is 2.29. The number of carbonyl (C=O) groups excluding carboxylic acids is 1. The molecule has 0 unspecified atom stereocenters. The van der Waals surface area contributed by atoms with Gasteiger partial charge < -0.3 is 15.5 Å². The summed E-state index contributed by atoms with van der Waals surface area (Å²) in [6.07, 6.45) is 6.97. The lowest BCUT2D eigenvalue weighted by Crippen LogP contribution is -2.51. The topological polar surface area (TPSA) is 49.6 Å². The van der Waals surface area contributed by atoms with Gasteiger partial charge in [0.2, 0.25) is 5.91 Å². The summed E-state index contributed by atoms with van der Waals surface area (Å²) in [6, 6.07) is 10.4. The number of likely N-dealkylation sites (tertiary alicyclic amines) is 2. The second kappa shape index (κ2) is 8.81. The van der Waals surface area contributed by atoms with E-state index >= 15 is 0 Å². The first-order chi connectivity index (χ1) is 12.1. The lowest BCUT2D eigenvalue weighted by Gasteiger charge is -2.40. The number of hydrogen-bond acceptors (Lipinski definition) is 3. The van der Waals surface area contributed by atoms with Crippen molar-refractivity contribution in [3.05, 3.63) is 35.9 Å². The van der Waals surface area contributed by atoms with E-state index in [-0.39, 0.29) is 5.91 Å². The molecule has 0 saturated carbocycles. The minimum absolute atomic E-state index is 0.125. The minimum Gasteiger partial charge on any atom is -0.341 e. The highest BCUT2D eigenvalue weighted by Crippen LogP contribution is 2.23. The number of piperidine rings is 2. The molecule has 1 aromatic carbocycles. The largest absolute Gasteiger partial charge is 0.341 e. The van der Waals surface area contributed by atoms with Gasteiger partial charge >= 0.3 is 0 Å². The first-order valence-electron chi connectivity index (χ1n) is 9.96. The Morgan fingerprint density at radius 1 is 1.16 bits per heavy atom. The molecule has 0 bridgehead atoms. The molecule has 4 heteroatoms. The van der Waals surface area contributed by atoms with Crippen LogP contribution in [0.4, 0.5) is 0 Å². The highest BCUT2D eigenvalue weighted by molar-refractivity contribution is 5.82. The SMILES string of the molecule is C[C@H]1CCCCN1C[C@@H]1CCCN(C(=O)[C@@H](N)Cc2ccccc2)C1. The number of nitrogens with zero attached hydrogens (tertiary/aromatic N) is 2. The molecule has 3 rings (SSSR count). The van der Waals surface area contributed by atoms with Gasteiger partial charge in [-0.2, -0.15) is 0 Å². The van der Waals surface area contributed by atoms with E-state index in [0.29, 0.717) is 18.4 Å². The monoisotopic (exact) mass is 343 g/mol. The molecule has 2 saturated heterocycles. The summed E-state index contributed by atoms with van der Waals surface area (Å²) in [6.45, 7) is 6.45. The van der Waals surface area contributed by atoms with Crippen molar-refractivity contribution in [2.24, 2.45) is 11.7 Å². The van der Waals surface area contributed by atoms with E-state index in [1.807, 2.05) is 35.2 Å². The normalized spacial score (nSPS) is 26.4. The van der Waals surface area contributed by atoms with Crippen molar-refractivity contribution >= 4 is 5.91 Å². The molecule has 1 aromatic rings. The van der Waals surface area contributed by atoms with Crippen LogP contribution in [0.3, 0.4) is 0 Å². The van der Waals surface area contributed by atoms with Crippen LogP contribution in [0.2, 0.25) is 0 Å². The molecule has 0 aliphatic carbocycles. The van der Waals surface area contributed by atoms with E-state index in [0.717, 1.165) is 31.6 Å². The molecule has 0 radical (unpaired) electrons. The molecule has 2 aliphatic rings.